The summed E-state index contributed by atoms with van der Waals surface area (Å²) in [5.74, 6) is -17.5. The Bertz CT molecular complexity index is 5340. The molecule has 17 bridgehead atoms. The Balaban J connectivity index is 1.04. The Hall–Kier alpha value is -11.9. The molecule has 8 aliphatic rings. The van der Waals surface area contributed by atoms with Crippen molar-refractivity contribution in [3.8, 4) is 80.1 Å². The number of nitrogens with zero attached hydrogens (tertiary/aromatic N) is 1. The summed E-state index contributed by atoms with van der Waals surface area (Å²) < 4.78 is 44.5. The van der Waals surface area contributed by atoms with Gasteiger partial charge in [-0.05, 0) is 153 Å². The van der Waals surface area contributed by atoms with Crippen LogP contribution in [0.2, 0.25) is 10.0 Å². The van der Waals surface area contributed by atoms with Gasteiger partial charge < -0.3 is 147 Å². The number of hydrogen-bond donors (Lipinski definition) is 21. The largest absolute Gasteiger partial charge is 0.508 e. The molecular weight excluding hydrogens is 1720 g/mol. The number of nitrogens with one attached hydrogen (secondary N) is 9. The highest BCUT2D eigenvalue weighted by Gasteiger charge is 2.52. The van der Waals surface area contributed by atoms with Gasteiger partial charge in [0.05, 0.1) is 16.7 Å². The molecule has 0 aliphatic carbocycles. The number of aliphatic hydroxyl groups is 7. The average Bonchev–Trinajstić information content (AvgIpc) is 0.755. The fourth-order valence-corrected chi connectivity index (χ4v) is 16.4. The highest BCUT2D eigenvalue weighted by atomic mass is 35.5. The number of hydrogen-bond acceptors (Lipinski definition) is 29. The summed E-state index contributed by atoms with van der Waals surface area (Å²) in [6.45, 7) is 3.61. The Morgan fingerprint density at radius 2 is 1.21 bits per heavy atom. The van der Waals surface area contributed by atoms with E-state index < -0.39 is 271 Å². The topological polar surface area (TPSA) is 573 Å². The van der Waals surface area contributed by atoms with E-state index in [9.17, 15) is 75.7 Å². The lowest BCUT2D eigenvalue weighted by Crippen LogP contribution is -2.66. The van der Waals surface area contributed by atoms with Crippen molar-refractivity contribution in [3.63, 3.8) is 0 Å². The normalized spacial score (nSPS) is 25.8. The number of unbranched alkanes of at least 4 members (excludes halogenated alkanes) is 5. The maximum absolute atomic E-state index is 16.8. The van der Waals surface area contributed by atoms with Crippen LogP contribution in [0.3, 0.4) is 0 Å². The number of halogens is 2. The zero-order valence-corrected chi connectivity index (χ0v) is 71.2. The quantitative estimate of drug-likeness (QED) is 0.0423. The Kier molecular flexibility index (Phi) is 29.7. The SMILES string of the molecule is CN[C@@H]1C(=O)N[C@@H]2Cc3ccc(cc3)Oc3cc4cc(c3O[C@@H]3O[C@H](C(=O)O)[C@@H](O)[C@H](O)[C@H]3NC(=O)CCCCCCCCC(C)C)Oc3ccc(cc3Cl)[C@@H](O)[C@@H]3NC(=O)[C@H](NC(=O)[C@@H]4NC(=O)C(NC2=O)c2cc(cc(O)c2Cl)Oc2cc1ccc2O)c1ccc(O)c(c1)-c1c(O[C@H]2O[C@H](CO)[C@@H](O)[C@H](O)[C@@H]2O)cc(O)cc1C(C(=O)NCCCN(C)C)NC3=O. The highest BCUT2D eigenvalue weighted by molar-refractivity contribution is 6.33. The minimum atomic E-state index is -2.45. The van der Waals surface area contributed by atoms with Crippen LogP contribution in [-0.4, -0.2) is 234 Å². The first-order valence-corrected chi connectivity index (χ1v) is 42.3. The summed E-state index contributed by atoms with van der Waals surface area (Å²) in [6, 6.07) is 5.68. The molecule has 0 saturated carbocycles. The molecule has 128 heavy (non-hydrogen) atoms. The van der Waals surface area contributed by atoms with Crippen molar-refractivity contribution in [2.75, 3.05) is 40.8 Å². The molecule has 15 rings (SSSR count). The molecule has 0 aromatic heterocycles. The van der Waals surface area contributed by atoms with Gasteiger partial charge in [0.15, 0.2) is 29.1 Å². The summed E-state index contributed by atoms with van der Waals surface area (Å²) in [7, 11) is 4.95. The lowest BCUT2D eigenvalue weighted by Gasteiger charge is -2.41. The van der Waals surface area contributed by atoms with E-state index in [1.807, 2.05) is 0 Å². The van der Waals surface area contributed by atoms with Gasteiger partial charge in [0.25, 0.3) is 0 Å². The number of benzene rings is 7. The molecule has 7 aromatic rings. The minimum absolute atomic E-state index is 0.0943. The number of ether oxygens (including phenoxy) is 7. The van der Waals surface area contributed by atoms with Crippen molar-refractivity contribution < 1.29 is 138 Å². The van der Waals surface area contributed by atoms with E-state index in [0.717, 1.165) is 105 Å². The molecule has 0 spiro atoms. The van der Waals surface area contributed by atoms with Crippen molar-refractivity contribution in [3.05, 3.63) is 164 Å². The van der Waals surface area contributed by atoms with E-state index in [4.69, 9.17) is 56.4 Å². The molecule has 8 heterocycles. The molecular formula is C88H100Cl2N10O28. The van der Waals surface area contributed by atoms with Crippen LogP contribution in [0.4, 0.5) is 0 Å². The van der Waals surface area contributed by atoms with Crippen molar-refractivity contribution in [2.24, 2.45) is 5.92 Å². The van der Waals surface area contributed by atoms with Gasteiger partial charge in [0.2, 0.25) is 65.6 Å². The number of aliphatic hydroxyl groups excluding tert-OH is 7. The van der Waals surface area contributed by atoms with Gasteiger partial charge in [-0.2, -0.15) is 0 Å². The second-order valence-corrected chi connectivity index (χ2v) is 33.5. The van der Waals surface area contributed by atoms with Gasteiger partial charge >= 0.3 is 5.97 Å². The number of carboxylic acids is 1. The van der Waals surface area contributed by atoms with E-state index in [0.29, 0.717) is 30.9 Å². The third-order valence-electron chi connectivity index (χ3n) is 22.7. The number of phenols is 4. The molecule has 40 heteroatoms. The predicted octanol–water partition coefficient (Wildman–Crippen LogP) is 4.17. The van der Waals surface area contributed by atoms with Crippen molar-refractivity contribution in [1.82, 2.24) is 52.8 Å². The van der Waals surface area contributed by atoms with Crippen LogP contribution in [0.5, 0.6) is 69.0 Å². The van der Waals surface area contributed by atoms with E-state index in [2.05, 4.69) is 61.7 Å². The summed E-state index contributed by atoms with van der Waals surface area (Å²) in [5, 5.41) is 161. The van der Waals surface area contributed by atoms with Gasteiger partial charge in [-0.25, -0.2) is 4.79 Å². The van der Waals surface area contributed by atoms with Crippen LogP contribution in [-0.2, 0) is 59.0 Å². The molecule has 7 aromatic carbocycles. The molecule has 0 radical (unpaired) electrons. The van der Waals surface area contributed by atoms with Crippen LogP contribution in [0, 0.1) is 5.92 Å². The number of carboxylic acid groups (broad SMARTS) is 1. The Labute approximate surface area is 742 Å². The monoisotopic (exact) mass is 1810 g/mol. The average molecular weight is 1820 g/mol. The van der Waals surface area contributed by atoms with Crippen LogP contribution in [0.1, 0.15) is 147 Å². The van der Waals surface area contributed by atoms with Gasteiger partial charge in [0, 0.05) is 48.2 Å². The Morgan fingerprint density at radius 3 is 1.91 bits per heavy atom. The van der Waals surface area contributed by atoms with E-state index in [1.165, 1.54) is 49.5 Å². The van der Waals surface area contributed by atoms with Gasteiger partial charge in [-0.3, -0.25) is 38.4 Å². The number of rotatable bonds is 22. The van der Waals surface area contributed by atoms with Gasteiger partial charge in [-0.1, -0.05) is 106 Å². The smallest absolute Gasteiger partial charge is 0.335 e. The number of fused-ring (bicyclic) bond motifs is 14. The first-order chi connectivity index (χ1) is 61.1. The van der Waals surface area contributed by atoms with Gasteiger partial charge in [-0.15, -0.1) is 0 Å². The summed E-state index contributed by atoms with van der Waals surface area (Å²) in [5.41, 5.74) is -2.68. The van der Waals surface area contributed by atoms with Crippen LogP contribution in [0.25, 0.3) is 11.1 Å². The zero-order valence-electron chi connectivity index (χ0n) is 69.7. The lowest BCUT2D eigenvalue weighted by atomic mass is 9.89. The minimum Gasteiger partial charge on any atom is -0.508 e. The van der Waals surface area contributed by atoms with Crippen molar-refractivity contribution in [1.29, 1.82) is 0 Å². The van der Waals surface area contributed by atoms with Crippen molar-refractivity contribution >= 4 is 76.4 Å². The molecule has 18 atom stereocenters. The standard InChI is InChI=1S/C88H100Cl2N10O28/c1-38(2)13-10-8-6-7-9-11-14-61(106)94-70-73(109)75(111)78(86(120)121)128-87(70)127-77-58-31-43-32-59(77)124-55-24-19-42(29-50(55)89)71(107)69-85(119)98-67(80(114)92-25-12-26-100(4)5)48-33-44(102)34-57(125-88-76(112)74(110)72(108)60(37-101)126-88)62(48)47-28-40(17-22-52(47)103)65(82(116)99-69)95-83(117)66(43)96-84(118)68-49-35-46(36-54(105)63(49)90)123-56-30-41(18-23-53(56)104)64(91-3)81(115)93-51(79(113)97-68)27-39-15-20-45(122-58)21-16-39/h15-24,28-36,38,51,60,64-76,78,87-88,91,101-105,107-112H,6-14,25-27,37H2,1-5H3,(H,92,114)(H,93,115)(H,94,106)(H,95,117)(H,96,118)(H,97,113)(H,98,119)(H,99,116)(H,120,121)/t51-,60-,64+,65-,66-,67?,68?,69+,70-,71-,72-,73-,74+,75+,76+,78+,87-,88+/m1/s1. The van der Waals surface area contributed by atoms with Gasteiger partial charge in [0.1, 0.15) is 131 Å². The third kappa shape index (κ3) is 21.1. The highest BCUT2D eigenvalue weighted by Crippen LogP contribution is 2.51. The summed E-state index contributed by atoms with van der Waals surface area (Å²) >= 11 is 14.3. The number of likely N-dealkylation sites (N-methyl/N-ethyl adjacent to an activating group) is 1. The second kappa shape index (κ2) is 40.6. The van der Waals surface area contributed by atoms with Crippen LogP contribution in [0.15, 0.2) is 115 Å². The molecule has 2 unspecified atom stereocenters. The van der Waals surface area contributed by atoms with Crippen LogP contribution < -0.4 is 71.5 Å². The first kappa shape index (κ1) is 93.7. The van der Waals surface area contributed by atoms with E-state index >= 15 is 28.8 Å². The lowest BCUT2D eigenvalue weighted by molar-refractivity contribution is -0.277. The molecule has 8 aliphatic heterocycles. The Morgan fingerprint density at radius 1 is 0.562 bits per heavy atom. The molecule has 2 fully saturated rings. The molecule has 2 saturated heterocycles. The molecule has 8 amide bonds. The first-order valence-electron chi connectivity index (χ1n) is 41.5. The number of aromatic hydroxyl groups is 4. The summed E-state index contributed by atoms with van der Waals surface area (Å²) in [6.07, 6.45) is -15.8. The molecule has 38 nitrogen and oxygen atoms in total. The molecule has 21 N–H and O–H groups in total. The van der Waals surface area contributed by atoms with Crippen LogP contribution >= 0.6 is 23.2 Å². The number of phenolic OH excluding ortho intramolecular Hbond substituents is 4. The number of carbonyl (C=O) groups is 9. The van der Waals surface area contributed by atoms with Crippen molar-refractivity contribution in [2.45, 2.75) is 188 Å². The fourth-order valence-electron chi connectivity index (χ4n) is 15.9. The predicted molar refractivity (Wildman–Crippen MR) is 452 cm³/mol. The number of carbonyl (C=O) groups excluding carboxylic acids is 8. The number of amides is 8. The van der Waals surface area contributed by atoms with E-state index in [-0.39, 0.29) is 47.8 Å². The maximum atomic E-state index is 16.8. The number of aliphatic carboxylic acids is 1. The third-order valence-corrected chi connectivity index (χ3v) is 23.4. The fraction of sp³-hybridized carbons (Fsp3) is 0.420. The summed E-state index contributed by atoms with van der Waals surface area (Å²) in [4.78, 5) is 140. The second-order valence-electron chi connectivity index (χ2n) is 32.7. The van der Waals surface area contributed by atoms with E-state index in [1.54, 1.807) is 19.0 Å². The zero-order chi connectivity index (χ0) is 92.0. The maximum Gasteiger partial charge on any atom is 0.335 e. The molecule has 684 valence electrons.